The summed E-state index contributed by atoms with van der Waals surface area (Å²) in [6.07, 6.45) is 9.75. The third-order valence-electron chi connectivity index (χ3n) is 8.06. The van der Waals surface area contributed by atoms with Gasteiger partial charge in [0.2, 0.25) is 11.8 Å². The Morgan fingerprint density at radius 1 is 1.12 bits per heavy atom. The number of carbonyl (C=O) groups is 3. The van der Waals surface area contributed by atoms with E-state index < -0.39 is 6.04 Å². The molecule has 172 valence electrons. The number of nitrogens with zero attached hydrogens (tertiary/aromatic N) is 1. The lowest BCUT2D eigenvalue weighted by molar-refractivity contribution is -0.136. The topological polar surface area (TPSA) is 105 Å². The molecule has 1 atom stereocenters. The summed E-state index contributed by atoms with van der Waals surface area (Å²) < 4.78 is 0. The van der Waals surface area contributed by atoms with Gasteiger partial charge in [0.05, 0.1) is 0 Å². The Bertz CT molecular complexity index is 937. The summed E-state index contributed by atoms with van der Waals surface area (Å²) in [5.41, 5.74) is 8.98. The molecule has 2 heterocycles. The van der Waals surface area contributed by atoms with Crippen LogP contribution in [-0.2, 0) is 16.1 Å². The number of carbonyl (C=O) groups excluding carboxylic acids is 3. The fraction of sp³-hybridized carbons (Fsp3) is 0.640. The Balaban J connectivity index is 1.38. The number of nitrogens with one attached hydrogen (secondary N) is 2. The molecule has 0 radical (unpaired) electrons. The van der Waals surface area contributed by atoms with Gasteiger partial charge in [0.15, 0.2) is 0 Å². The molecule has 0 aromatic heterocycles. The van der Waals surface area contributed by atoms with E-state index in [2.05, 4.69) is 23.6 Å². The first kappa shape index (κ1) is 21.4. The van der Waals surface area contributed by atoms with Crippen molar-refractivity contribution in [2.45, 2.75) is 94.8 Å². The van der Waals surface area contributed by atoms with Crippen LogP contribution in [0.2, 0.25) is 0 Å². The second kappa shape index (κ2) is 7.87. The molecule has 2 saturated carbocycles. The third kappa shape index (κ3) is 4.15. The second-order valence-corrected chi connectivity index (χ2v) is 10.8. The zero-order valence-electron chi connectivity index (χ0n) is 18.9. The Hall–Kier alpha value is -2.41. The van der Waals surface area contributed by atoms with Gasteiger partial charge in [-0.05, 0) is 69.9 Å². The zero-order valence-corrected chi connectivity index (χ0v) is 18.9. The minimum absolute atomic E-state index is 0.00168. The SMILES string of the molecule is CC1(N)CCC(CCC2CC2)(Nc2cccc3c2CN(C2CCC(=O)NC2=O)C3=O)CC1. The first-order valence-electron chi connectivity index (χ1n) is 12.1. The number of imide groups is 1. The van der Waals surface area contributed by atoms with Gasteiger partial charge in [0, 0.05) is 40.9 Å². The molecule has 1 aromatic rings. The summed E-state index contributed by atoms with van der Waals surface area (Å²) in [6, 6.07) is 5.26. The highest BCUT2D eigenvalue weighted by atomic mass is 16.2. The van der Waals surface area contributed by atoms with Crippen molar-refractivity contribution in [1.29, 1.82) is 0 Å². The van der Waals surface area contributed by atoms with E-state index in [-0.39, 0.29) is 35.2 Å². The average Bonchev–Trinajstić information content (AvgIpc) is 3.52. The number of benzene rings is 1. The number of fused-ring (bicyclic) bond motifs is 1. The zero-order chi connectivity index (χ0) is 22.5. The Labute approximate surface area is 189 Å². The molecule has 4 aliphatic rings. The molecular formula is C25H34N4O3. The number of rotatable bonds is 6. The van der Waals surface area contributed by atoms with Crippen molar-refractivity contribution >= 4 is 23.4 Å². The van der Waals surface area contributed by atoms with Crippen LogP contribution >= 0.6 is 0 Å². The maximum Gasteiger partial charge on any atom is 0.255 e. The fourth-order valence-electron chi connectivity index (χ4n) is 5.61. The molecule has 3 fully saturated rings. The Morgan fingerprint density at radius 2 is 1.88 bits per heavy atom. The Morgan fingerprint density at radius 3 is 2.56 bits per heavy atom. The summed E-state index contributed by atoms with van der Waals surface area (Å²) in [5.74, 6) is 0.112. The van der Waals surface area contributed by atoms with Crippen LogP contribution in [0.1, 0.15) is 87.1 Å². The standard InChI is InChI=1S/C25H34N4O3/c1-24(26)11-13-25(14-12-24,10-9-16-5-6-16)28-19-4-2-3-17-18(19)15-29(23(17)32)20-7-8-21(30)27-22(20)31/h2-4,16,20,28H,5-15,26H2,1H3,(H,27,30,31). The van der Waals surface area contributed by atoms with Crippen LogP contribution in [0.25, 0.3) is 0 Å². The van der Waals surface area contributed by atoms with Crippen LogP contribution in [0.5, 0.6) is 0 Å². The predicted molar refractivity (Wildman–Crippen MR) is 122 cm³/mol. The number of nitrogens with two attached hydrogens (primary N) is 1. The van der Waals surface area contributed by atoms with E-state index in [1.807, 2.05) is 12.1 Å². The van der Waals surface area contributed by atoms with Crippen LogP contribution in [-0.4, -0.2) is 39.7 Å². The lowest BCUT2D eigenvalue weighted by Crippen LogP contribution is -2.52. The van der Waals surface area contributed by atoms with E-state index >= 15 is 0 Å². The van der Waals surface area contributed by atoms with E-state index in [0.717, 1.165) is 49.3 Å². The molecule has 4 N–H and O–H groups in total. The number of amides is 3. The van der Waals surface area contributed by atoms with Crippen molar-refractivity contribution in [3.8, 4) is 0 Å². The van der Waals surface area contributed by atoms with Crippen LogP contribution in [0.3, 0.4) is 0 Å². The highest BCUT2D eigenvalue weighted by Crippen LogP contribution is 2.44. The van der Waals surface area contributed by atoms with Gasteiger partial charge in [0.1, 0.15) is 6.04 Å². The lowest BCUT2D eigenvalue weighted by Gasteiger charge is -2.45. The molecule has 3 amide bonds. The molecule has 7 heteroatoms. The van der Waals surface area contributed by atoms with E-state index in [0.29, 0.717) is 18.5 Å². The molecular weight excluding hydrogens is 404 g/mol. The largest absolute Gasteiger partial charge is 0.379 e. The average molecular weight is 439 g/mol. The molecule has 2 aliphatic carbocycles. The van der Waals surface area contributed by atoms with Gasteiger partial charge in [-0.25, -0.2) is 0 Å². The van der Waals surface area contributed by atoms with Crippen LogP contribution in [0.4, 0.5) is 5.69 Å². The maximum absolute atomic E-state index is 13.2. The minimum Gasteiger partial charge on any atom is -0.379 e. The predicted octanol–water partition coefficient (Wildman–Crippen LogP) is 3.08. The summed E-state index contributed by atoms with van der Waals surface area (Å²) in [5, 5.41) is 6.27. The van der Waals surface area contributed by atoms with Gasteiger partial charge in [-0.15, -0.1) is 0 Å². The maximum atomic E-state index is 13.2. The highest BCUT2D eigenvalue weighted by Gasteiger charge is 2.43. The highest BCUT2D eigenvalue weighted by molar-refractivity contribution is 6.06. The van der Waals surface area contributed by atoms with Gasteiger partial charge in [-0.1, -0.05) is 18.9 Å². The summed E-state index contributed by atoms with van der Waals surface area (Å²) in [7, 11) is 0. The molecule has 32 heavy (non-hydrogen) atoms. The van der Waals surface area contributed by atoms with Crippen molar-refractivity contribution in [1.82, 2.24) is 10.2 Å². The quantitative estimate of drug-likeness (QED) is 0.592. The van der Waals surface area contributed by atoms with Crippen LogP contribution in [0, 0.1) is 5.92 Å². The molecule has 1 aromatic carbocycles. The van der Waals surface area contributed by atoms with Gasteiger partial charge in [0.25, 0.3) is 5.91 Å². The third-order valence-corrected chi connectivity index (χ3v) is 8.06. The molecule has 1 unspecified atom stereocenters. The van der Waals surface area contributed by atoms with Gasteiger partial charge >= 0.3 is 0 Å². The van der Waals surface area contributed by atoms with E-state index in [9.17, 15) is 14.4 Å². The summed E-state index contributed by atoms with van der Waals surface area (Å²) in [6.45, 7) is 2.55. The van der Waals surface area contributed by atoms with Crippen molar-refractivity contribution < 1.29 is 14.4 Å². The Kier molecular flexibility index (Phi) is 5.27. The first-order chi connectivity index (χ1) is 15.3. The van der Waals surface area contributed by atoms with Gasteiger partial charge in [-0.2, -0.15) is 0 Å². The van der Waals surface area contributed by atoms with Crippen LogP contribution in [0.15, 0.2) is 18.2 Å². The smallest absolute Gasteiger partial charge is 0.255 e. The molecule has 0 spiro atoms. The molecule has 5 rings (SSSR count). The minimum atomic E-state index is -0.586. The fourth-order valence-corrected chi connectivity index (χ4v) is 5.61. The van der Waals surface area contributed by atoms with Crippen molar-refractivity contribution in [2.75, 3.05) is 5.32 Å². The summed E-state index contributed by atoms with van der Waals surface area (Å²) >= 11 is 0. The number of hydrogen-bond acceptors (Lipinski definition) is 5. The van der Waals surface area contributed by atoms with Crippen molar-refractivity contribution in [3.63, 3.8) is 0 Å². The molecule has 7 nitrogen and oxygen atoms in total. The molecule has 1 saturated heterocycles. The van der Waals surface area contributed by atoms with Crippen molar-refractivity contribution in [2.24, 2.45) is 11.7 Å². The van der Waals surface area contributed by atoms with Gasteiger partial charge < -0.3 is 16.0 Å². The summed E-state index contributed by atoms with van der Waals surface area (Å²) in [4.78, 5) is 38.8. The second-order valence-electron chi connectivity index (χ2n) is 10.8. The molecule has 2 aliphatic heterocycles. The molecule has 0 bridgehead atoms. The van der Waals surface area contributed by atoms with E-state index in [4.69, 9.17) is 5.73 Å². The monoisotopic (exact) mass is 438 g/mol. The first-order valence-corrected chi connectivity index (χ1v) is 12.1. The van der Waals surface area contributed by atoms with Crippen molar-refractivity contribution in [3.05, 3.63) is 29.3 Å². The lowest BCUT2D eigenvalue weighted by atomic mass is 9.71. The van der Waals surface area contributed by atoms with Crippen LogP contribution < -0.4 is 16.4 Å². The number of piperidine rings is 1. The number of hydrogen-bond donors (Lipinski definition) is 3. The van der Waals surface area contributed by atoms with E-state index in [1.165, 1.54) is 19.3 Å². The number of anilines is 1. The van der Waals surface area contributed by atoms with Gasteiger partial charge in [-0.3, -0.25) is 19.7 Å². The normalized spacial score (nSPS) is 32.6. The van der Waals surface area contributed by atoms with E-state index in [1.54, 1.807) is 4.90 Å².